The lowest BCUT2D eigenvalue weighted by molar-refractivity contribution is -0.139. The molecular weight excluding hydrogens is 418 g/mol. The Balaban J connectivity index is 1.89. The lowest BCUT2D eigenvalue weighted by Gasteiger charge is -2.30. The van der Waals surface area contributed by atoms with E-state index in [1.807, 2.05) is 20.8 Å². The molecular formula is C22H27N3O5S. The van der Waals surface area contributed by atoms with Crippen molar-refractivity contribution in [1.29, 1.82) is 0 Å². The van der Waals surface area contributed by atoms with Crippen molar-refractivity contribution >= 4 is 27.6 Å². The molecule has 31 heavy (non-hydrogen) atoms. The second-order valence-electron chi connectivity index (χ2n) is 7.92. The molecule has 1 heterocycles. The van der Waals surface area contributed by atoms with E-state index < -0.39 is 28.2 Å². The highest BCUT2D eigenvalue weighted by Crippen LogP contribution is 2.30. The van der Waals surface area contributed by atoms with Gasteiger partial charge in [0.15, 0.2) is 0 Å². The average molecular weight is 446 g/mol. The van der Waals surface area contributed by atoms with Crippen molar-refractivity contribution in [1.82, 2.24) is 10.0 Å². The van der Waals surface area contributed by atoms with Gasteiger partial charge in [-0.15, -0.1) is 0 Å². The predicted octanol–water partition coefficient (Wildman–Crippen LogP) is 2.53. The maximum atomic E-state index is 13.2. The van der Waals surface area contributed by atoms with Gasteiger partial charge < -0.3 is 15.7 Å². The zero-order valence-electron chi connectivity index (χ0n) is 18.2. The first kappa shape index (κ1) is 22.8. The molecule has 0 aliphatic carbocycles. The molecule has 166 valence electrons. The zero-order valence-corrected chi connectivity index (χ0v) is 19.0. The Morgan fingerprint density at radius 2 is 1.55 bits per heavy atom. The Morgan fingerprint density at radius 3 is 2.13 bits per heavy atom. The van der Waals surface area contributed by atoms with Crippen LogP contribution in [0.3, 0.4) is 0 Å². The molecule has 2 unspecified atom stereocenters. The predicted molar refractivity (Wildman–Crippen MR) is 118 cm³/mol. The van der Waals surface area contributed by atoms with Crippen molar-refractivity contribution in [2.75, 3.05) is 5.32 Å². The van der Waals surface area contributed by atoms with Crippen LogP contribution < -0.4 is 15.4 Å². The molecule has 0 fully saturated rings. The molecule has 0 saturated heterocycles. The zero-order chi connectivity index (χ0) is 23.1. The molecule has 2 aromatic carbocycles. The van der Waals surface area contributed by atoms with E-state index in [9.17, 15) is 23.1 Å². The van der Waals surface area contributed by atoms with Crippen LogP contribution in [0.4, 0.5) is 5.69 Å². The maximum Gasteiger partial charge on any atom is 0.321 e. The monoisotopic (exact) mass is 445 g/mol. The van der Waals surface area contributed by atoms with Crippen molar-refractivity contribution in [3.05, 3.63) is 57.6 Å². The number of carbonyl (C=O) groups is 2. The number of fused-ring (bicyclic) bond motifs is 1. The quantitative estimate of drug-likeness (QED) is 0.542. The minimum Gasteiger partial charge on any atom is -0.480 e. The van der Waals surface area contributed by atoms with E-state index in [-0.39, 0.29) is 17.2 Å². The second-order valence-corrected chi connectivity index (χ2v) is 9.57. The van der Waals surface area contributed by atoms with E-state index in [0.29, 0.717) is 22.4 Å². The van der Waals surface area contributed by atoms with Gasteiger partial charge in [-0.25, -0.2) is 8.42 Å². The fraction of sp³-hybridized carbons (Fsp3) is 0.364. The molecule has 4 N–H and O–H groups in total. The Kier molecular flexibility index (Phi) is 6.11. The molecule has 0 spiro atoms. The number of sulfonamides is 1. The van der Waals surface area contributed by atoms with Crippen LogP contribution in [-0.4, -0.2) is 37.6 Å². The number of carboxylic acids is 1. The smallest absolute Gasteiger partial charge is 0.321 e. The Morgan fingerprint density at radius 1 is 1.00 bits per heavy atom. The molecule has 0 saturated carbocycles. The Labute approximate surface area is 182 Å². The number of para-hydroxylation sites is 1. The normalized spacial score (nSPS) is 16.8. The van der Waals surface area contributed by atoms with Crippen LogP contribution in [0.5, 0.6) is 0 Å². The summed E-state index contributed by atoms with van der Waals surface area (Å²) in [5.41, 5.74) is 4.92. The number of rotatable bonds is 6. The summed E-state index contributed by atoms with van der Waals surface area (Å²) in [4.78, 5) is 24.3. The number of hydrogen-bond acceptors (Lipinski definition) is 5. The fourth-order valence-electron chi connectivity index (χ4n) is 3.93. The highest BCUT2D eigenvalue weighted by Gasteiger charge is 2.33. The van der Waals surface area contributed by atoms with Crippen molar-refractivity contribution < 1.29 is 23.1 Å². The molecule has 1 aliphatic rings. The largest absolute Gasteiger partial charge is 0.480 e. The van der Waals surface area contributed by atoms with Gasteiger partial charge in [0.2, 0.25) is 10.0 Å². The van der Waals surface area contributed by atoms with Gasteiger partial charge in [0.25, 0.3) is 5.91 Å². The van der Waals surface area contributed by atoms with E-state index in [1.54, 1.807) is 38.1 Å². The van der Waals surface area contributed by atoms with Gasteiger partial charge in [-0.2, -0.15) is 4.72 Å². The molecule has 0 bridgehead atoms. The van der Waals surface area contributed by atoms with Crippen LogP contribution in [-0.2, 0) is 14.8 Å². The molecule has 2 atom stereocenters. The minimum absolute atomic E-state index is 0.102. The SMILES string of the molecule is Cc1c(C)c(C)c(S(=O)(=O)NC(CC2NC(=O)c3ccccc3N2)C(=O)O)c(C)c1C. The summed E-state index contributed by atoms with van der Waals surface area (Å²) >= 11 is 0. The van der Waals surface area contributed by atoms with Gasteiger partial charge >= 0.3 is 5.97 Å². The minimum atomic E-state index is -4.12. The Hall–Kier alpha value is -2.91. The number of amides is 1. The van der Waals surface area contributed by atoms with Crippen LogP contribution in [0.25, 0.3) is 0 Å². The molecule has 1 amide bonds. The number of anilines is 1. The van der Waals surface area contributed by atoms with Gasteiger partial charge in [0.1, 0.15) is 12.2 Å². The van der Waals surface area contributed by atoms with E-state index in [1.165, 1.54) is 0 Å². The first-order valence-electron chi connectivity index (χ1n) is 9.92. The van der Waals surface area contributed by atoms with E-state index >= 15 is 0 Å². The van der Waals surface area contributed by atoms with Crippen molar-refractivity contribution in [2.45, 2.75) is 58.1 Å². The first-order valence-corrected chi connectivity index (χ1v) is 11.4. The highest BCUT2D eigenvalue weighted by molar-refractivity contribution is 7.89. The number of hydrogen-bond donors (Lipinski definition) is 4. The molecule has 9 heteroatoms. The summed E-state index contributed by atoms with van der Waals surface area (Å²) in [7, 11) is -4.12. The molecule has 1 aliphatic heterocycles. The van der Waals surface area contributed by atoms with Crippen molar-refractivity contribution in [3.8, 4) is 0 Å². The third kappa shape index (κ3) is 4.28. The summed E-state index contributed by atoms with van der Waals surface area (Å²) in [6.07, 6.45) is -0.911. The topological polar surface area (TPSA) is 125 Å². The van der Waals surface area contributed by atoms with E-state index in [0.717, 1.165) is 16.7 Å². The molecule has 0 radical (unpaired) electrons. The van der Waals surface area contributed by atoms with Gasteiger partial charge in [-0.3, -0.25) is 9.59 Å². The lowest BCUT2D eigenvalue weighted by atomic mass is 9.95. The first-order chi connectivity index (χ1) is 14.4. The maximum absolute atomic E-state index is 13.2. The molecule has 0 aromatic heterocycles. The number of nitrogens with one attached hydrogen (secondary N) is 3. The van der Waals surface area contributed by atoms with E-state index in [4.69, 9.17) is 0 Å². The number of carboxylic acid groups (broad SMARTS) is 1. The number of benzene rings is 2. The number of aliphatic carboxylic acids is 1. The summed E-state index contributed by atoms with van der Waals surface area (Å²) in [5.74, 6) is -1.67. The van der Waals surface area contributed by atoms with Crippen LogP contribution in [0.15, 0.2) is 29.2 Å². The third-order valence-electron chi connectivity index (χ3n) is 6.07. The Bertz CT molecular complexity index is 1140. The highest BCUT2D eigenvalue weighted by atomic mass is 32.2. The summed E-state index contributed by atoms with van der Waals surface area (Å²) in [6.45, 7) is 9.08. The van der Waals surface area contributed by atoms with Gasteiger partial charge in [-0.05, 0) is 74.6 Å². The third-order valence-corrected chi connectivity index (χ3v) is 7.82. The summed E-state index contributed by atoms with van der Waals surface area (Å²) in [5, 5.41) is 15.4. The molecule has 8 nitrogen and oxygen atoms in total. The van der Waals surface area contributed by atoms with Gasteiger partial charge in [-0.1, -0.05) is 12.1 Å². The van der Waals surface area contributed by atoms with E-state index in [2.05, 4.69) is 15.4 Å². The standard InChI is InChI=1S/C22H27N3O5S/c1-11-12(2)14(4)20(15(5)13(11)3)31(29,30)25-18(22(27)28)10-19-23-17-9-7-6-8-16(17)21(26)24-19/h6-9,18-19,23,25H,10H2,1-5H3,(H,24,26)(H,27,28). The number of carbonyl (C=O) groups excluding carboxylic acids is 1. The van der Waals surface area contributed by atoms with Crippen molar-refractivity contribution in [2.24, 2.45) is 0 Å². The molecule has 3 rings (SSSR count). The van der Waals surface area contributed by atoms with Gasteiger partial charge in [0.05, 0.1) is 10.5 Å². The van der Waals surface area contributed by atoms with Crippen LogP contribution in [0.1, 0.15) is 44.6 Å². The summed E-state index contributed by atoms with van der Waals surface area (Å²) in [6, 6.07) is 5.41. The van der Waals surface area contributed by atoms with Crippen LogP contribution in [0.2, 0.25) is 0 Å². The fourth-order valence-corrected chi connectivity index (χ4v) is 5.74. The second kappa shape index (κ2) is 8.32. The molecule has 2 aromatic rings. The average Bonchev–Trinajstić information content (AvgIpc) is 2.70. The van der Waals surface area contributed by atoms with Gasteiger partial charge in [0, 0.05) is 12.1 Å². The summed E-state index contributed by atoms with van der Waals surface area (Å²) < 4.78 is 28.8. The van der Waals surface area contributed by atoms with Crippen LogP contribution >= 0.6 is 0 Å². The lowest BCUT2D eigenvalue weighted by Crippen LogP contribution is -2.51. The van der Waals surface area contributed by atoms with Crippen molar-refractivity contribution in [3.63, 3.8) is 0 Å². The van der Waals surface area contributed by atoms with Crippen LogP contribution in [0, 0.1) is 34.6 Å².